The first-order chi connectivity index (χ1) is 11.2. The standard InChI is InChI=1S/C21H28N2/c1-5-8-9-21(23(14-6-2)15-7-3)17(4)19-11-10-18-12-13-22-20(18)16-19/h5,8-13,16,22H,4,6-7,14-15H2,1-3H3/b8-5-,21-9+. The fraction of sp³-hybridized carbons (Fsp3) is 0.333. The maximum absolute atomic E-state index is 4.40. The number of aromatic amines is 1. The van der Waals surface area contributed by atoms with Crippen LogP contribution in [0, 0.1) is 0 Å². The molecule has 0 aliphatic rings. The zero-order valence-corrected chi connectivity index (χ0v) is 14.6. The summed E-state index contributed by atoms with van der Waals surface area (Å²) in [5.74, 6) is 0. The van der Waals surface area contributed by atoms with Gasteiger partial charge in [0.15, 0.2) is 0 Å². The van der Waals surface area contributed by atoms with Crippen LogP contribution in [-0.2, 0) is 0 Å². The van der Waals surface area contributed by atoms with Gasteiger partial charge in [-0.3, -0.25) is 0 Å². The van der Waals surface area contributed by atoms with E-state index in [2.05, 4.69) is 72.8 Å². The topological polar surface area (TPSA) is 19.0 Å². The minimum Gasteiger partial charge on any atom is -0.371 e. The molecule has 0 bridgehead atoms. The van der Waals surface area contributed by atoms with Gasteiger partial charge in [-0.15, -0.1) is 0 Å². The van der Waals surface area contributed by atoms with Crippen molar-refractivity contribution in [3.05, 3.63) is 66.5 Å². The van der Waals surface area contributed by atoms with Gasteiger partial charge in [0.2, 0.25) is 0 Å². The molecule has 2 nitrogen and oxygen atoms in total. The van der Waals surface area contributed by atoms with Crippen molar-refractivity contribution < 1.29 is 0 Å². The van der Waals surface area contributed by atoms with E-state index < -0.39 is 0 Å². The van der Waals surface area contributed by atoms with Crippen LogP contribution in [0.3, 0.4) is 0 Å². The largest absolute Gasteiger partial charge is 0.371 e. The Hall–Kier alpha value is -2.22. The third kappa shape index (κ3) is 4.16. The molecule has 122 valence electrons. The Kier molecular flexibility index (Phi) is 6.28. The third-order valence-electron chi connectivity index (χ3n) is 3.99. The monoisotopic (exact) mass is 308 g/mol. The van der Waals surface area contributed by atoms with Gasteiger partial charge in [0.1, 0.15) is 0 Å². The van der Waals surface area contributed by atoms with Crippen LogP contribution in [0.2, 0.25) is 0 Å². The molecule has 0 aliphatic carbocycles. The van der Waals surface area contributed by atoms with Crippen LogP contribution in [-0.4, -0.2) is 23.0 Å². The first kappa shape index (κ1) is 17.1. The van der Waals surface area contributed by atoms with Crippen LogP contribution < -0.4 is 0 Å². The zero-order valence-electron chi connectivity index (χ0n) is 14.6. The second-order valence-corrected chi connectivity index (χ2v) is 5.82. The maximum Gasteiger partial charge on any atom is 0.0460 e. The molecule has 0 atom stereocenters. The Morgan fingerprint density at radius 2 is 1.91 bits per heavy atom. The van der Waals surface area contributed by atoms with Crippen molar-refractivity contribution >= 4 is 16.5 Å². The lowest BCUT2D eigenvalue weighted by molar-refractivity contribution is 0.358. The van der Waals surface area contributed by atoms with Crippen LogP contribution in [0.25, 0.3) is 16.5 Å². The maximum atomic E-state index is 4.40. The van der Waals surface area contributed by atoms with E-state index in [1.165, 1.54) is 16.6 Å². The van der Waals surface area contributed by atoms with Crippen LogP contribution >= 0.6 is 0 Å². The van der Waals surface area contributed by atoms with Crippen molar-refractivity contribution in [2.75, 3.05) is 13.1 Å². The fourth-order valence-corrected chi connectivity index (χ4v) is 2.86. The van der Waals surface area contributed by atoms with Gasteiger partial charge in [0, 0.05) is 30.5 Å². The number of rotatable bonds is 8. The molecule has 0 fully saturated rings. The Labute approximate surface area is 140 Å². The third-order valence-corrected chi connectivity index (χ3v) is 3.99. The summed E-state index contributed by atoms with van der Waals surface area (Å²) in [6.07, 6.45) is 10.6. The van der Waals surface area contributed by atoms with E-state index >= 15 is 0 Å². The summed E-state index contributed by atoms with van der Waals surface area (Å²) < 4.78 is 0. The summed E-state index contributed by atoms with van der Waals surface area (Å²) in [5, 5.41) is 1.24. The predicted octanol–water partition coefficient (Wildman–Crippen LogP) is 5.76. The lowest BCUT2D eigenvalue weighted by atomic mass is 10.0. The Balaban J connectivity index is 2.38. The van der Waals surface area contributed by atoms with Crippen molar-refractivity contribution in [2.24, 2.45) is 0 Å². The summed E-state index contributed by atoms with van der Waals surface area (Å²) >= 11 is 0. The average molecular weight is 308 g/mol. The van der Waals surface area contributed by atoms with Gasteiger partial charge in [-0.25, -0.2) is 0 Å². The van der Waals surface area contributed by atoms with Crippen LogP contribution in [0.15, 0.2) is 61.0 Å². The Bertz CT molecular complexity index is 697. The minimum absolute atomic E-state index is 1.06. The second kappa shape index (κ2) is 8.42. The summed E-state index contributed by atoms with van der Waals surface area (Å²) in [6.45, 7) is 13.0. The van der Waals surface area contributed by atoms with E-state index in [0.29, 0.717) is 0 Å². The molecule has 2 rings (SSSR count). The van der Waals surface area contributed by atoms with E-state index in [-0.39, 0.29) is 0 Å². The van der Waals surface area contributed by atoms with Crippen molar-refractivity contribution in [2.45, 2.75) is 33.6 Å². The molecule has 0 radical (unpaired) electrons. The Morgan fingerprint density at radius 1 is 1.17 bits per heavy atom. The average Bonchev–Trinajstić information content (AvgIpc) is 3.02. The molecule has 23 heavy (non-hydrogen) atoms. The first-order valence-electron chi connectivity index (χ1n) is 8.56. The second-order valence-electron chi connectivity index (χ2n) is 5.82. The summed E-state index contributed by atoms with van der Waals surface area (Å²) in [4.78, 5) is 5.73. The highest BCUT2D eigenvalue weighted by Gasteiger charge is 2.13. The minimum atomic E-state index is 1.06. The number of benzene rings is 1. The molecule has 1 aromatic heterocycles. The van der Waals surface area contributed by atoms with Crippen LogP contribution in [0.4, 0.5) is 0 Å². The van der Waals surface area contributed by atoms with E-state index in [1.54, 1.807) is 0 Å². The molecule has 1 aromatic carbocycles. The quantitative estimate of drug-likeness (QED) is 0.614. The number of hydrogen-bond donors (Lipinski definition) is 1. The smallest absolute Gasteiger partial charge is 0.0460 e. The van der Waals surface area contributed by atoms with Crippen molar-refractivity contribution in [1.29, 1.82) is 0 Å². The summed E-state index contributed by atoms with van der Waals surface area (Å²) in [7, 11) is 0. The highest BCUT2D eigenvalue weighted by atomic mass is 15.1. The Morgan fingerprint density at radius 3 is 2.57 bits per heavy atom. The number of fused-ring (bicyclic) bond motifs is 1. The van der Waals surface area contributed by atoms with Gasteiger partial charge < -0.3 is 9.88 Å². The van der Waals surface area contributed by atoms with Crippen molar-refractivity contribution in [1.82, 2.24) is 9.88 Å². The molecule has 2 heteroatoms. The highest BCUT2D eigenvalue weighted by Crippen LogP contribution is 2.27. The summed E-state index contributed by atoms with van der Waals surface area (Å²) in [6, 6.07) is 8.61. The lowest BCUT2D eigenvalue weighted by Crippen LogP contribution is -2.25. The molecule has 1 heterocycles. The van der Waals surface area contributed by atoms with Gasteiger partial charge in [-0.05, 0) is 54.5 Å². The van der Waals surface area contributed by atoms with Crippen LogP contribution in [0.5, 0.6) is 0 Å². The lowest BCUT2D eigenvalue weighted by Gasteiger charge is -2.28. The molecular formula is C21H28N2. The van der Waals surface area contributed by atoms with Crippen molar-refractivity contribution in [3.8, 4) is 0 Å². The van der Waals surface area contributed by atoms with E-state index in [4.69, 9.17) is 0 Å². The number of allylic oxidation sites excluding steroid dienone is 4. The molecule has 0 saturated carbocycles. The molecule has 0 amide bonds. The van der Waals surface area contributed by atoms with Gasteiger partial charge in [-0.1, -0.05) is 44.7 Å². The van der Waals surface area contributed by atoms with Gasteiger partial charge in [-0.2, -0.15) is 0 Å². The fourth-order valence-electron chi connectivity index (χ4n) is 2.86. The number of nitrogens with zero attached hydrogens (tertiary/aromatic N) is 1. The van der Waals surface area contributed by atoms with Gasteiger partial charge in [0.25, 0.3) is 0 Å². The van der Waals surface area contributed by atoms with Gasteiger partial charge in [0.05, 0.1) is 0 Å². The predicted molar refractivity (Wildman–Crippen MR) is 102 cm³/mol. The molecule has 2 aromatic rings. The number of aromatic nitrogens is 1. The van der Waals surface area contributed by atoms with Crippen LogP contribution in [0.1, 0.15) is 39.2 Å². The number of nitrogens with one attached hydrogen (secondary N) is 1. The molecule has 0 aliphatic heterocycles. The molecule has 0 saturated heterocycles. The number of hydrogen-bond acceptors (Lipinski definition) is 1. The highest BCUT2D eigenvalue weighted by molar-refractivity contribution is 5.86. The SMILES string of the molecule is C=C(/C(=C\C=C/C)N(CCC)CCC)c1ccc2cc[nH]c2c1. The van der Waals surface area contributed by atoms with E-state index in [0.717, 1.165) is 37.0 Å². The normalized spacial score (nSPS) is 12.2. The molecule has 1 N–H and O–H groups in total. The van der Waals surface area contributed by atoms with E-state index in [9.17, 15) is 0 Å². The zero-order chi connectivity index (χ0) is 16.7. The summed E-state index contributed by atoms with van der Waals surface area (Å²) in [5.41, 5.74) is 4.64. The van der Waals surface area contributed by atoms with Crippen molar-refractivity contribution in [3.63, 3.8) is 0 Å². The van der Waals surface area contributed by atoms with E-state index in [1.807, 2.05) is 13.1 Å². The molecule has 0 spiro atoms. The molecular weight excluding hydrogens is 280 g/mol. The van der Waals surface area contributed by atoms with Gasteiger partial charge >= 0.3 is 0 Å². The number of H-pyrrole nitrogens is 1. The molecule has 0 unspecified atom stereocenters. The first-order valence-corrected chi connectivity index (χ1v) is 8.56.